The average molecular weight is 347 g/mol. The van der Waals surface area contributed by atoms with Gasteiger partial charge in [0.1, 0.15) is 0 Å². The molecule has 0 saturated heterocycles. The van der Waals surface area contributed by atoms with Crippen molar-refractivity contribution in [3.05, 3.63) is 66.2 Å². The lowest BCUT2D eigenvalue weighted by atomic mass is 9.77. The zero-order valence-corrected chi connectivity index (χ0v) is 16.6. The lowest BCUT2D eigenvalue weighted by molar-refractivity contribution is 0.303. The Balaban J connectivity index is 1.57. The lowest BCUT2D eigenvalue weighted by Crippen LogP contribution is -2.13. The van der Waals surface area contributed by atoms with Crippen LogP contribution in [-0.2, 0) is 0 Å². The Morgan fingerprint density at radius 2 is 1.42 bits per heavy atom. The first kappa shape index (κ1) is 19.0. The van der Waals surface area contributed by atoms with Gasteiger partial charge in [-0.3, -0.25) is 0 Å². The minimum atomic E-state index is 0.775. The van der Waals surface area contributed by atoms with Gasteiger partial charge in [0.2, 0.25) is 0 Å². The number of rotatable bonds is 7. The molecule has 2 aromatic rings. The third-order valence-corrected chi connectivity index (χ3v) is 6.16. The van der Waals surface area contributed by atoms with Crippen LogP contribution in [-0.4, -0.2) is 0 Å². The van der Waals surface area contributed by atoms with Crippen molar-refractivity contribution in [1.29, 1.82) is 0 Å². The number of unbranched alkanes of at least 4 members (excludes halogenated alkanes) is 2. The van der Waals surface area contributed by atoms with Crippen LogP contribution in [0, 0.1) is 5.92 Å². The van der Waals surface area contributed by atoms with Crippen LogP contribution in [0.4, 0.5) is 0 Å². The van der Waals surface area contributed by atoms with E-state index in [1.54, 1.807) is 5.56 Å². The first-order chi connectivity index (χ1) is 12.7. The number of benzene rings is 2. The van der Waals surface area contributed by atoms with Crippen LogP contribution < -0.4 is 0 Å². The molecular formula is C26H34. The van der Waals surface area contributed by atoms with Gasteiger partial charge in [0.25, 0.3) is 0 Å². The van der Waals surface area contributed by atoms with Gasteiger partial charge in [-0.15, -0.1) is 0 Å². The molecule has 2 aromatic carbocycles. The van der Waals surface area contributed by atoms with Crippen LogP contribution in [0.25, 0.3) is 16.7 Å². The molecule has 3 rings (SSSR count). The third kappa shape index (κ3) is 4.87. The molecule has 0 heterocycles. The van der Waals surface area contributed by atoms with Gasteiger partial charge in [0, 0.05) is 0 Å². The van der Waals surface area contributed by atoms with Gasteiger partial charge in [0.15, 0.2) is 0 Å². The zero-order valence-electron chi connectivity index (χ0n) is 16.6. The molecule has 0 aliphatic heterocycles. The first-order valence-electron chi connectivity index (χ1n) is 10.5. The minimum absolute atomic E-state index is 0.775. The maximum absolute atomic E-state index is 4.02. The summed E-state index contributed by atoms with van der Waals surface area (Å²) in [5.74, 6) is 1.76. The highest BCUT2D eigenvalue weighted by Gasteiger charge is 2.21. The van der Waals surface area contributed by atoms with Crippen LogP contribution in [0.3, 0.4) is 0 Å². The van der Waals surface area contributed by atoms with E-state index in [0.29, 0.717) is 0 Å². The SMILES string of the molecule is C=C(C)c1ccc(-c2ccc(C3CCC(CCCCC)CC3)cc2)cc1. The van der Waals surface area contributed by atoms with Gasteiger partial charge in [-0.25, -0.2) is 0 Å². The normalized spacial score (nSPS) is 20.1. The van der Waals surface area contributed by atoms with E-state index in [4.69, 9.17) is 0 Å². The summed E-state index contributed by atoms with van der Waals surface area (Å²) in [6.45, 7) is 8.38. The molecule has 1 saturated carbocycles. The van der Waals surface area contributed by atoms with Crippen molar-refractivity contribution in [3.63, 3.8) is 0 Å². The van der Waals surface area contributed by atoms with Crippen LogP contribution in [0.15, 0.2) is 55.1 Å². The second-order valence-electron chi connectivity index (χ2n) is 8.19. The Bertz CT molecular complexity index is 682. The molecule has 1 fully saturated rings. The molecule has 0 aromatic heterocycles. The Kier molecular flexibility index (Phi) is 6.72. The molecular weight excluding hydrogens is 312 g/mol. The molecule has 0 amide bonds. The molecule has 0 unspecified atom stereocenters. The van der Waals surface area contributed by atoms with E-state index in [2.05, 4.69) is 69.0 Å². The van der Waals surface area contributed by atoms with Gasteiger partial charge < -0.3 is 0 Å². The van der Waals surface area contributed by atoms with Crippen molar-refractivity contribution in [2.75, 3.05) is 0 Å². The zero-order chi connectivity index (χ0) is 18.4. The van der Waals surface area contributed by atoms with Crippen molar-refractivity contribution in [3.8, 4) is 11.1 Å². The molecule has 0 atom stereocenters. The summed E-state index contributed by atoms with van der Waals surface area (Å²) in [6.07, 6.45) is 11.3. The van der Waals surface area contributed by atoms with Crippen LogP contribution in [0.5, 0.6) is 0 Å². The van der Waals surface area contributed by atoms with E-state index >= 15 is 0 Å². The summed E-state index contributed by atoms with van der Waals surface area (Å²) in [5, 5.41) is 0. The molecule has 0 nitrogen and oxygen atoms in total. The Hall–Kier alpha value is -1.82. The van der Waals surface area contributed by atoms with Crippen LogP contribution >= 0.6 is 0 Å². The molecule has 0 spiro atoms. The van der Waals surface area contributed by atoms with Crippen molar-refractivity contribution in [2.24, 2.45) is 5.92 Å². The van der Waals surface area contributed by atoms with E-state index in [9.17, 15) is 0 Å². The van der Waals surface area contributed by atoms with Crippen LogP contribution in [0.1, 0.15) is 82.3 Å². The Labute approximate surface area is 160 Å². The fraction of sp³-hybridized carbons (Fsp3) is 0.462. The Morgan fingerprint density at radius 3 is 1.96 bits per heavy atom. The molecule has 0 bridgehead atoms. The second-order valence-corrected chi connectivity index (χ2v) is 8.19. The van der Waals surface area contributed by atoms with Gasteiger partial charge in [0.05, 0.1) is 0 Å². The van der Waals surface area contributed by atoms with E-state index < -0.39 is 0 Å². The van der Waals surface area contributed by atoms with Gasteiger partial charge in [-0.05, 0) is 66.7 Å². The summed E-state index contributed by atoms with van der Waals surface area (Å²) in [5.41, 5.74) is 6.49. The third-order valence-electron chi connectivity index (χ3n) is 6.16. The highest BCUT2D eigenvalue weighted by atomic mass is 14.3. The lowest BCUT2D eigenvalue weighted by Gasteiger charge is -2.29. The monoisotopic (exact) mass is 346 g/mol. The second kappa shape index (κ2) is 9.21. The summed E-state index contributed by atoms with van der Waals surface area (Å²) in [6, 6.07) is 18.1. The highest BCUT2D eigenvalue weighted by Crippen LogP contribution is 2.38. The first-order valence-corrected chi connectivity index (χ1v) is 10.5. The standard InChI is InChI=1S/C26H34/c1-4-5-6-7-21-8-10-23(11-9-21)25-16-18-26(19-17-25)24-14-12-22(13-15-24)20(2)3/h12-19,21,23H,2,4-11H2,1,3H3. The maximum atomic E-state index is 4.02. The summed E-state index contributed by atoms with van der Waals surface area (Å²) >= 11 is 0. The van der Waals surface area contributed by atoms with E-state index in [0.717, 1.165) is 17.4 Å². The van der Waals surface area contributed by atoms with E-state index in [1.165, 1.54) is 68.1 Å². The molecule has 0 radical (unpaired) electrons. The highest BCUT2D eigenvalue weighted by molar-refractivity contribution is 5.68. The quantitative estimate of drug-likeness (QED) is 0.443. The molecule has 0 N–H and O–H groups in total. The van der Waals surface area contributed by atoms with Gasteiger partial charge in [-0.2, -0.15) is 0 Å². The van der Waals surface area contributed by atoms with E-state index in [-0.39, 0.29) is 0 Å². The van der Waals surface area contributed by atoms with Crippen molar-refractivity contribution < 1.29 is 0 Å². The predicted octanol–water partition coefficient (Wildman–Crippen LogP) is 8.24. The van der Waals surface area contributed by atoms with Crippen LogP contribution in [0.2, 0.25) is 0 Å². The summed E-state index contributed by atoms with van der Waals surface area (Å²) in [4.78, 5) is 0. The predicted molar refractivity (Wildman–Crippen MR) is 115 cm³/mol. The smallest absolute Gasteiger partial charge is 0.0162 e. The van der Waals surface area contributed by atoms with Crippen molar-refractivity contribution in [2.45, 2.75) is 71.1 Å². The van der Waals surface area contributed by atoms with Crippen molar-refractivity contribution in [1.82, 2.24) is 0 Å². The topological polar surface area (TPSA) is 0 Å². The number of hydrogen-bond donors (Lipinski definition) is 0. The molecule has 138 valence electrons. The number of hydrogen-bond acceptors (Lipinski definition) is 0. The molecule has 1 aliphatic carbocycles. The fourth-order valence-corrected chi connectivity index (χ4v) is 4.36. The van der Waals surface area contributed by atoms with Gasteiger partial charge in [-0.1, -0.05) is 93.3 Å². The fourth-order valence-electron chi connectivity index (χ4n) is 4.36. The molecule has 1 aliphatic rings. The van der Waals surface area contributed by atoms with Crippen molar-refractivity contribution >= 4 is 5.57 Å². The van der Waals surface area contributed by atoms with E-state index in [1.807, 2.05) is 0 Å². The Morgan fingerprint density at radius 1 is 0.846 bits per heavy atom. The minimum Gasteiger partial charge on any atom is -0.0955 e. The number of allylic oxidation sites excluding steroid dienone is 1. The molecule has 26 heavy (non-hydrogen) atoms. The molecule has 0 heteroatoms. The average Bonchev–Trinajstić information content (AvgIpc) is 2.69. The van der Waals surface area contributed by atoms with Gasteiger partial charge >= 0.3 is 0 Å². The summed E-state index contributed by atoms with van der Waals surface area (Å²) in [7, 11) is 0. The maximum Gasteiger partial charge on any atom is -0.0162 e. The largest absolute Gasteiger partial charge is 0.0955 e. The summed E-state index contributed by atoms with van der Waals surface area (Å²) < 4.78 is 0.